The van der Waals surface area contributed by atoms with Gasteiger partial charge in [-0.15, -0.1) is 0 Å². The zero-order valence-electron chi connectivity index (χ0n) is 15.6. The van der Waals surface area contributed by atoms with Crippen LogP contribution in [0.25, 0.3) is 17.4 Å². The van der Waals surface area contributed by atoms with Gasteiger partial charge < -0.3 is 9.73 Å². The summed E-state index contributed by atoms with van der Waals surface area (Å²) in [5, 5.41) is 4.33. The number of hydrogen-bond acceptors (Lipinski definition) is 4. The van der Waals surface area contributed by atoms with E-state index in [1.807, 2.05) is 26.0 Å². The maximum atomic E-state index is 12.3. The molecule has 0 atom stereocenters. The van der Waals surface area contributed by atoms with Crippen LogP contribution in [0, 0.1) is 13.8 Å². The summed E-state index contributed by atoms with van der Waals surface area (Å²) in [7, 11) is 0. The number of aliphatic imine (C=N–C) groups is 1. The van der Waals surface area contributed by atoms with Gasteiger partial charge in [-0.2, -0.15) is 0 Å². The van der Waals surface area contributed by atoms with Crippen molar-refractivity contribution in [2.24, 2.45) is 4.99 Å². The van der Waals surface area contributed by atoms with E-state index in [0.717, 1.165) is 11.3 Å². The molecular weight excluding hydrogens is 427 g/mol. The van der Waals surface area contributed by atoms with E-state index in [2.05, 4.69) is 16.4 Å². The SMILES string of the molecule is Cc1ccc(N=C2NC(=O)/C(=C\c3ccc(-c4c(Cl)cccc4Cl)o3)S2)c(C)c1. The van der Waals surface area contributed by atoms with Crippen molar-refractivity contribution in [3.05, 3.63) is 80.4 Å². The summed E-state index contributed by atoms with van der Waals surface area (Å²) in [6, 6.07) is 14.8. The zero-order valence-corrected chi connectivity index (χ0v) is 18.0. The number of hydrogen-bond donors (Lipinski definition) is 1. The third kappa shape index (κ3) is 4.27. The molecule has 0 saturated carbocycles. The topological polar surface area (TPSA) is 54.6 Å². The lowest BCUT2D eigenvalue weighted by atomic mass is 10.1. The van der Waals surface area contributed by atoms with E-state index in [4.69, 9.17) is 27.6 Å². The number of thioether (sulfide) groups is 1. The minimum absolute atomic E-state index is 0.216. The molecule has 0 unspecified atom stereocenters. The van der Waals surface area contributed by atoms with Crippen molar-refractivity contribution in [3.8, 4) is 11.3 Å². The smallest absolute Gasteiger partial charge is 0.264 e. The molecule has 1 aromatic heterocycles. The molecule has 0 radical (unpaired) electrons. The highest BCUT2D eigenvalue weighted by atomic mass is 35.5. The molecule has 1 N–H and O–H groups in total. The molecule has 1 saturated heterocycles. The lowest BCUT2D eigenvalue weighted by Crippen LogP contribution is -2.19. The summed E-state index contributed by atoms with van der Waals surface area (Å²) in [5.41, 5.74) is 3.67. The van der Waals surface area contributed by atoms with Crippen LogP contribution >= 0.6 is 35.0 Å². The van der Waals surface area contributed by atoms with Crippen molar-refractivity contribution in [2.75, 3.05) is 0 Å². The molecule has 4 rings (SSSR count). The zero-order chi connectivity index (χ0) is 20.5. The lowest BCUT2D eigenvalue weighted by Gasteiger charge is -2.02. The minimum Gasteiger partial charge on any atom is -0.457 e. The molecule has 2 heterocycles. The van der Waals surface area contributed by atoms with E-state index in [-0.39, 0.29) is 5.91 Å². The van der Waals surface area contributed by atoms with Gasteiger partial charge in [0.1, 0.15) is 11.5 Å². The minimum atomic E-state index is -0.216. The fraction of sp³-hybridized carbons (Fsp3) is 0.0909. The van der Waals surface area contributed by atoms with Crippen LogP contribution in [0.5, 0.6) is 0 Å². The number of aryl methyl sites for hydroxylation is 2. The number of rotatable bonds is 3. The standard InChI is InChI=1S/C22H16Cl2N2O2S/c1-12-6-8-17(13(2)10-12)25-22-26-21(27)19(29-22)11-14-7-9-18(28-14)20-15(23)4-3-5-16(20)24/h3-11H,1-2H3,(H,25,26,27)/b19-11+. The quantitative estimate of drug-likeness (QED) is 0.455. The Hall–Kier alpha value is -2.47. The molecular formula is C22H16Cl2N2O2S. The van der Waals surface area contributed by atoms with Crippen LogP contribution in [0.3, 0.4) is 0 Å². The summed E-state index contributed by atoms with van der Waals surface area (Å²) in [4.78, 5) is 17.4. The summed E-state index contributed by atoms with van der Waals surface area (Å²) in [6.07, 6.45) is 1.68. The summed E-state index contributed by atoms with van der Waals surface area (Å²) >= 11 is 13.8. The number of carbonyl (C=O) groups is 1. The van der Waals surface area contributed by atoms with E-state index in [0.29, 0.717) is 37.2 Å². The van der Waals surface area contributed by atoms with Gasteiger partial charge in [0, 0.05) is 6.08 Å². The number of halogens is 2. The van der Waals surface area contributed by atoms with Gasteiger partial charge >= 0.3 is 0 Å². The Morgan fingerprint density at radius 1 is 1.07 bits per heavy atom. The second-order valence-corrected chi connectivity index (χ2v) is 8.42. The predicted octanol–water partition coefficient (Wildman–Crippen LogP) is 6.76. The number of carbonyl (C=O) groups excluding carboxylic acids is 1. The average molecular weight is 443 g/mol. The Morgan fingerprint density at radius 3 is 2.55 bits per heavy atom. The second-order valence-electron chi connectivity index (χ2n) is 6.57. The summed E-state index contributed by atoms with van der Waals surface area (Å²) in [6.45, 7) is 4.03. The lowest BCUT2D eigenvalue weighted by molar-refractivity contribution is -0.115. The van der Waals surface area contributed by atoms with Crippen molar-refractivity contribution in [1.82, 2.24) is 5.32 Å². The van der Waals surface area contributed by atoms with Crippen LogP contribution < -0.4 is 5.32 Å². The van der Waals surface area contributed by atoms with Crippen LogP contribution in [0.15, 0.2) is 62.8 Å². The van der Waals surface area contributed by atoms with Gasteiger partial charge in [-0.05, 0) is 61.5 Å². The first-order chi connectivity index (χ1) is 13.9. The Labute approximate surface area is 182 Å². The van der Waals surface area contributed by atoms with Crippen LogP contribution in [0.4, 0.5) is 5.69 Å². The highest BCUT2D eigenvalue weighted by Crippen LogP contribution is 2.36. The number of nitrogens with zero attached hydrogens (tertiary/aromatic N) is 1. The number of amidine groups is 1. The van der Waals surface area contributed by atoms with Crippen molar-refractivity contribution in [1.29, 1.82) is 0 Å². The third-order valence-electron chi connectivity index (χ3n) is 4.33. The predicted molar refractivity (Wildman–Crippen MR) is 121 cm³/mol. The molecule has 29 heavy (non-hydrogen) atoms. The molecule has 0 spiro atoms. The molecule has 0 aliphatic carbocycles. The van der Waals surface area contributed by atoms with E-state index >= 15 is 0 Å². The fourth-order valence-corrected chi connectivity index (χ4v) is 4.35. The third-order valence-corrected chi connectivity index (χ3v) is 5.87. The number of benzene rings is 2. The highest BCUT2D eigenvalue weighted by Gasteiger charge is 2.24. The van der Waals surface area contributed by atoms with Gasteiger partial charge in [0.05, 0.1) is 26.2 Å². The molecule has 3 aromatic rings. The molecule has 4 nitrogen and oxygen atoms in total. The molecule has 7 heteroatoms. The first-order valence-electron chi connectivity index (χ1n) is 8.82. The monoisotopic (exact) mass is 442 g/mol. The van der Waals surface area contributed by atoms with Crippen molar-refractivity contribution in [3.63, 3.8) is 0 Å². The Morgan fingerprint density at radius 2 is 1.83 bits per heavy atom. The average Bonchev–Trinajstić information content (AvgIpc) is 3.25. The van der Waals surface area contributed by atoms with Gasteiger partial charge in [0.25, 0.3) is 5.91 Å². The summed E-state index contributed by atoms with van der Waals surface area (Å²) in [5.74, 6) is 0.855. The number of furan rings is 1. The van der Waals surface area contributed by atoms with Crippen LogP contribution in [-0.2, 0) is 4.79 Å². The molecule has 1 amide bonds. The number of nitrogens with one attached hydrogen (secondary N) is 1. The first kappa shape index (κ1) is 19.8. The van der Waals surface area contributed by atoms with Gasteiger partial charge in [0.15, 0.2) is 5.17 Å². The molecule has 1 aliphatic rings. The van der Waals surface area contributed by atoms with E-state index in [1.54, 1.807) is 36.4 Å². The van der Waals surface area contributed by atoms with Gasteiger partial charge in [-0.25, -0.2) is 4.99 Å². The Balaban J connectivity index is 1.59. The molecule has 1 aliphatic heterocycles. The number of amides is 1. The Kier molecular flexibility index (Phi) is 5.54. The van der Waals surface area contributed by atoms with E-state index in [9.17, 15) is 4.79 Å². The van der Waals surface area contributed by atoms with Crippen molar-refractivity contribution in [2.45, 2.75) is 13.8 Å². The summed E-state index contributed by atoms with van der Waals surface area (Å²) < 4.78 is 5.85. The molecule has 2 aromatic carbocycles. The van der Waals surface area contributed by atoms with Gasteiger partial charge in [-0.1, -0.05) is 47.0 Å². The largest absolute Gasteiger partial charge is 0.457 e. The molecule has 1 fully saturated rings. The van der Waals surface area contributed by atoms with Crippen LogP contribution in [0.2, 0.25) is 10.0 Å². The molecule has 146 valence electrons. The second kappa shape index (κ2) is 8.11. The van der Waals surface area contributed by atoms with Crippen molar-refractivity contribution < 1.29 is 9.21 Å². The van der Waals surface area contributed by atoms with Crippen molar-refractivity contribution >= 4 is 57.8 Å². The van der Waals surface area contributed by atoms with Crippen LogP contribution in [0.1, 0.15) is 16.9 Å². The first-order valence-corrected chi connectivity index (χ1v) is 10.4. The van der Waals surface area contributed by atoms with E-state index < -0.39 is 0 Å². The van der Waals surface area contributed by atoms with E-state index in [1.165, 1.54) is 17.3 Å². The highest BCUT2D eigenvalue weighted by molar-refractivity contribution is 8.18. The van der Waals surface area contributed by atoms with Gasteiger partial charge in [0.2, 0.25) is 0 Å². The Bertz CT molecular complexity index is 1160. The normalized spacial score (nSPS) is 16.6. The fourth-order valence-electron chi connectivity index (χ4n) is 2.95. The maximum Gasteiger partial charge on any atom is 0.264 e. The van der Waals surface area contributed by atoms with Crippen LogP contribution in [-0.4, -0.2) is 11.1 Å². The van der Waals surface area contributed by atoms with Gasteiger partial charge in [-0.3, -0.25) is 4.79 Å². The maximum absolute atomic E-state index is 12.3. The molecule has 0 bridgehead atoms.